The standard InChI is InChI=1S/C17H14/c1-2-5-13-9-11-15-7-3-6-14-10-8-12(4-1)16(13)17(14)15/h1,3-11,16-17H,2H2. The Morgan fingerprint density at radius 2 is 1.41 bits per heavy atom. The van der Waals surface area contributed by atoms with Gasteiger partial charge in [-0.3, -0.25) is 0 Å². The van der Waals surface area contributed by atoms with Crippen LogP contribution in [0, 0.1) is 11.8 Å². The fraction of sp³-hybridized carbons (Fsp3) is 0.176. The normalized spacial score (nSPS) is 32.0. The molecule has 0 fully saturated rings. The van der Waals surface area contributed by atoms with Gasteiger partial charge in [-0.1, -0.05) is 60.8 Å². The number of hydrogen-bond acceptors (Lipinski definition) is 0. The van der Waals surface area contributed by atoms with Crippen molar-refractivity contribution in [1.29, 1.82) is 0 Å². The molecule has 2 unspecified atom stereocenters. The van der Waals surface area contributed by atoms with E-state index < -0.39 is 0 Å². The van der Waals surface area contributed by atoms with Gasteiger partial charge in [-0.15, -0.1) is 0 Å². The van der Waals surface area contributed by atoms with Crippen LogP contribution in [-0.2, 0) is 0 Å². The molecule has 0 spiro atoms. The van der Waals surface area contributed by atoms with Crippen molar-refractivity contribution in [3.05, 3.63) is 83.1 Å². The number of rotatable bonds is 0. The summed E-state index contributed by atoms with van der Waals surface area (Å²) in [4.78, 5) is 0. The summed E-state index contributed by atoms with van der Waals surface area (Å²) in [5.41, 5.74) is 5.88. The molecule has 2 atom stereocenters. The van der Waals surface area contributed by atoms with Crippen molar-refractivity contribution in [2.24, 2.45) is 11.8 Å². The van der Waals surface area contributed by atoms with E-state index in [-0.39, 0.29) is 0 Å². The van der Waals surface area contributed by atoms with Crippen molar-refractivity contribution in [1.82, 2.24) is 0 Å². The van der Waals surface area contributed by atoms with Crippen LogP contribution in [0.25, 0.3) is 0 Å². The average Bonchev–Trinajstić information content (AvgIpc) is 2.59. The monoisotopic (exact) mass is 218 g/mol. The summed E-state index contributed by atoms with van der Waals surface area (Å²) in [5, 5.41) is 0. The Bertz CT molecular complexity index is 586. The predicted octanol–water partition coefficient (Wildman–Crippen LogP) is 4.04. The molecule has 0 aliphatic heterocycles. The summed E-state index contributed by atoms with van der Waals surface area (Å²) in [6, 6.07) is 0. The lowest BCUT2D eigenvalue weighted by Crippen LogP contribution is -2.26. The first-order chi connectivity index (χ1) is 8.43. The molecule has 0 N–H and O–H groups in total. The Morgan fingerprint density at radius 1 is 0.706 bits per heavy atom. The molecule has 4 aliphatic carbocycles. The molecule has 82 valence electrons. The van der Waals surface area contributed by atoms with Crippen LogP contribution in [0.5, 0.6) is 0 Å². The SMILES string of the molecule is C1=CC2=CC=C3C=CCC=C4C=CC(=C1)C2C34. The molecule has 0 radical (unpaired) electrons. The van der Waals surface area contributed by atoms with E-state index in [4.69, 9.17) is 0 Å². The second kappa shape index (κ2) is 3.33. The zero-order chi connectivity index (χ0) is 11.2. The molecule has 0 aromatic rings. The van der Waals surface area contributed by atoms with Gasteiger partial charge in [-0.25, -0.2) is 0 Å². The van der Waals surface area contributed by atoms with E-state index in [2.05, 4.69) is 60.8 Å². The first-order valence-electron chi connectivity index (χ1n) is 6.28. The van der Waals surface area contributed by atoms with Crippen LogP contribution < -0.4 is 0 Å². The number of allylic oxidation sites excluding steroid dienone is 14. The first-order valence-corrected chi connectivity index (χ1v) is 6.28. The van der Waals surface area contributed by atoms with E-state index in [0.717, 1.165) is 6.42 Å². The van der Waals surface area contributed by atoms with E-state index in [1.54, 1.807) is 0 Å². The molecule has 4 rings (SSSR count). The Labute approximate surface area is 102 Å². The van der Waals surface area contributed by atoms with Crippen molar-refractivity contribution < 1.29 is 0 Å². The lowest BCUT2D eigenvalue weighted by Gasteiger charge is -2.37. The zero-order valence-electron chi connectivity index (χ0n) is 9.64. The van der Waals surface area contributed by atoms with Crippen LogP contribution in [0.3, 0.4) is 0 Å². The van der Waals surface area contributed by atoms with Crippen molar-refractivity contribution in [3.63, 3.8) is 0 Å². The lowest BCUT2D eigenvalue weighted by atomic mass is 9.66. The predicted molar refractivity (Wildman–Crippen MR) is 71.3 cm³/mol. The third kappa shape index (κ3) is 1.24. The summed E-state index contributed by atoms with van der Waals surface area (Å²) in [6.45, 7) is 0. The third-order valence-corrected chi connectivity index (χ3v) is 4.08. The van der Waals surface area contributed by atoms with Crippen LogP contribution in [0.4, 0.5) is 0 Å². The Morgan fingerprint density at radius 3 is 2.35 bits per heavy atom. The largest absolute Gasteiger partial charge is 0.0804 e. The van der Waals surface area contributed by atoms with Crippen LogP contribution in [0.15, 0.2) is 83.1 Å². The Hall–Kier alpha value is -1.82. The molecule has 0 bridgehead atoms. The summed E-state index contributed by atoms with van der Waals surface area (Å²) in [6.07, 6.45) is 23.9. The third-order valence-electron chi connectivity index (χ3n) is 4.08. The summed E-state index contributed by atoms with van der Waals surface area (Å²) in [5.74, 6) is 1.11. The van der Waals surface area contributed by atoms with E-state index in [1.165, 1.54) is 22.3 Å². The summed E-state index contributed by atoms with van der Waals surface area (Å²) < 4.78 is 0. The zero-order valence-corrected chi connectivity index (χ0v) is 9.64. The van der Waals surface area contributed by atoms with Gasteiger partial charge in [0.1, 0.15) is 0 Å². The maximum atomic E-state index is 2.37. The van der Waals surface area contributed by atoms with E-state index in [1.807, 2.05) is 0 Å². The fourth-order valence-corrected chi connectivity index (χ4v) is 3.31. The van der Waals surface area contributed by atoms with Crippen molar-refractivity contribution >= 4 is 0 Å². The molecule has 0 nitrogen and oxygen atoms in total. The molecule has 0 aromatic carbocycles. The van der Waals surface area contributed by atoms with Gasteiger partial charge >= 0.3 is 0 Å². The van der Waals surface area contributed by atoms with Gasteiger partial charge in [0, 0.05) is 11.8 Å². The fourth-order valence-electron chi connectivity index (χ4n) is 3.31. The highest BCUT2D eigenvalue weighted by molar-refractivity contribution is 5.58. The van der Waals surface area contributed by atoms with Gasteiger partial charge in [0.15, 0.2) is 0 Å². The van der Waals surface area contributed by atoms with Crippen LogP contribution in [0.1, 0.15) is 6.42 Å². The van der Waals surface area contributed by atoms with Gasteiger partial charge in [0.05, 0.1) is 0 Å². The highest BCUT2D eigenvalue weighted by Gasteiger charge is 2.35. The minimum atomic E-state index is 0.551. The van der Waals surface area contributed by atoms with Gasteiger partial charge in [-0.05, 0) is 28.7 Å². The number of hydrogen-bond donors (Lipinski definition) is 0. The van der Waals surface area contributed by atoms with Crippen LogP contribution >= 0.6 is 0 Å². The van der Waals surface area contributed by atoms with Crippen molar-refractivity contribution in [3.8, 4) is 0 Å². The summed E-state index contributed by atoms with van der Waals surface area (Å²) in [7, 11) is 0. The van der Waals surface area contributed by atoms with E-state index in [9.17, 15) is 0 Å². The second-order valence-corrected chi connectivity index (χ2v) is 4.99. The molecule has 0 heteroatoms. The molecule has 0 heterocycles. The van der Waals surface area contributed by atoms with Crippen LogP contribution in [0.2, 0.25) is 0 Å². The van der Waals surface area contributed by atoms with Crippen molar-refractivity contribution in [2.45, 2.75) is 6.42 Å². The first kappa shape index (κ1) is 9.23. The Balaban J connectivity index is 1.99. The Kier molecular flexibility index (Phi) is 1.81. The second-order valence-electron chi connectivity index (χ2n) is 4.99. The van der Waals surface area contributed by atoms with Gasteiger partial charge in [0.25, 0.3) is 0 Å². The molecular formula is C17H14. The van der Waals surface area contributed by atoms with Gasteiger partial charge in [0.2, 0.25) is 0 Å². The van der Waals surface area contributed by atoms with Gasteiger partial charge in [-0.2, -0.15) is 0 Å². The highest BCUT2D eigenvalue weighted by Crippen LogP contribution is 2.47. The van der Waals surface area contributed by atoms with Crippen molar-refractivity contribution in [2.75, 3.05) is 0 Å². The lowest BCUT2D eigenvalue weighted by molar-refractivity contribution is 0.567. The quantitative estimate of drug-likeness (QED) is 0.575. The molecular weight excluding hydrogens is 204 g/mol. The minimum Gasteiger partial charge on any atom is -0.0804 e. The molecule has 0 amide bonds. The highest BCUT2D eigenvalue weighted by atomic mass is 14.4. The van der Waals surface area contributed by atoms with Crippen LogP contribution in [-0.4, -0.2) is 0 Å². The molecule has 0 saturated carbocycles. The molecule has 17 heavy (non-hydrogen) atoms. The average molecular weight is 218 g/mol. The maximum Gasteiger partial charge on any atom is 0.0199 e. The molecule has 0 aromatic heterocycles. The van der Waals surface area contributed by atoms with Gasteiger partial charge < -0.3 is 0 Å². The molecule has 0 saturated heterocycles. The maximum absolute atomic E-state index is 2.37. The topological polar surface area (TPSA) is 0 Å². The van der Waals surface area contributed by atoms with E-state index >= 15 is 0 Å². The minimum absolute atomic E-state index is 0.551. The summed E-state index contributed by atoms with van der Waals surface area (Å²) >= 11 is 0. The molecule has 4 aliphatic rings. The smallest absolute Gasteiger partial charge is 0.0199 e. The van der Waals surface area contributed by atoms with E-state index in [0.29, 0.717) is 11.8 Å².